The maximum Gasteiger partial charge on any atom is 0.227 e. The second-order valence-corrected chi connectivity index (χ2v) is 9.99. The van der Waals surface area contributed by atoms with Crippen molar-refractivity contribution in [2.45, 2.75) is 11.8 Å². The Morgan fingerprint density at radius 2 is 1.74 bits per heavy atom. The average Bonchev–Trinajstić information content (AvgIpc) is 3.36. The van der Waals surface area contributed by atoms with E-state index in [0.29, 0.717) is 23.2 Å². The Labute approximate surface area is 202 Å². The zero-order valence-electron chi connectivity index (χ0n) is 19.0. The lowest BCUT2D eigenvalue weighted by Gasteiger charge is -2.10. The molecule has 35 heavy (non-hydrogen) atoms. The standard InChI is InChI=1S/C25H21N7O2S/c1-16-8-9-18(24-30-23(31-32-24)17-5-3-7-20(13-17)35(2,33)34)14-22(16)29-25-27-12-10-21(28-25)19-6-4-11-26-15-19/h3-15H,1-2H3,(H,27,28,29)(H,30,31,32). The lowest BCUT2D eigenvalue weighted by atomic mass is 10.1. The molecule has 3 aromatic heterocycles. The van der Waals surface area contributed by atoms with Gasteiger partial charge < -0.3 is 5.32 Å². The van der Waals surface area contributed by atoms with Crippen LogP contribution in [0.15, 0.2) is 84.1 Å². The van der Waals surface area contributed by atoms with Crippen LogP contribution in [0.5, 0.6) is 0 Å². The number of nitrogens with one attached hydrogen (secondary N) is 2. The van der Waals surface area contributed by atoms with E-state index in [1.54, 1.807) is 42.9 Å². The molecule has 3 heterocycles. The largest absolute Gasteiger partial charge is 0.324 e. The first kappa shape index (κ1) is 22.4. The highest BCUT2D eigenvalue weighted by Gasteiger charge is 2.13. The summed E-state index contributed by atoms with van der Waals surface area (Å²) in [7, 11) is -3.33. The minimum Gasteiger partial charge on any atom is -0.324 e. The van der Waals surface area contributed by atoms with Crippen LogP contribution >= 0.6 is 0 Å². The van der Waals surface area contributed by atoms with Crippen molar-refractivity contribution in [1.82, 2.24) is 30.1 Å². The van der Waals surface area contributed by atoms with Crippen molar-refractivity contribution in [3.05, 3.63) is 84.8 Å². The minimum atomic E-state index is -3.33. The molecule has 0 bridgehead atoms. The van der Waals surface area contributed by atoms with Gasteiger partial charge in [0, 0.05) is 47.2 Å². The predicted octanol–water partition coefficient (Wildman–Crippen LogP) is 4.45. The highest BCUT2D eigenvalue weighted by molar-refractivity contribution is 7.90. The highest BCUT2D eigenvalue weighted by atomic mass is 32.2. The first-order valence-electron chi connectivity index (χ1n) is 10.7. The van der Waals surface area contributed by atoms with E-state index in [0.717, 1.165) is 28.1 Å². The number of nitrogens with zero attached hydrogens (tertiary/aromatic N) is 5. The van der Waals surface area contributed by atoms with Gasteiger partial charge in [0.1, 0.15) is 0 Å². The molecule has 0 radical (unpaired) electrons. The van der Waals surface area contributed by atoms with Gasteiger partial charge in [-0.05, 0) is 48.9 Å². The van der Waals surface area contributed by atoms with Crippen LogP contribution in [0, 0.1) is 6.92 Å². The summed E-state index contributed by atoms with van der Waals surface area (Å²) in [5.41, 5.74) is 4.91. The SMILES string of the molecule is Cc1ccc(-c2nc(-c3cccc(S(C)(=O)=O)c3)n[nH]2)cc1Nc1nccc(-c2cccnc2)n1. The van der Waals surface area contributed by atoms with E-state index < -0.39 is 9.84 Å². The molecule has 2 N–H and O–H groups in total. The molecule has 2 aromatic carbocycles. The molecule has 0 amide bonds. The number of hydrogen-bond donors (Lipinski definition) is 2. The number of sulfone groups is 1. The van der Waals surface area contributed by atoms with Gasteiger partial charge in [-0.15, -0.1) is 0 Å². The Hall–Kier alpha value is -4.44. The lowest BCUT2D eigenvalue weighted by Crippen LogP contribution is -2.00. The number of benzene rings is 2. The summed E-state index contributed by atoms with van der Waals surface area (Å²) in [6.07, 6.45) is 6.35. The molecule has 0 aliphatic heterocycles. The Morgan fingerprint density at radius 3 is 2.54 bits per heavy atom. The van der Waals surface area contributed by atoms with Gasteiger partial charge in [-0.1, -0.05) is 24.3 Å². The number of H-pyrrole nitrogens is 1. The molecule has 0 fully saturated rings. The Balaban J connectivity index is 1.43. The summed E-state index contributed by atoms with van der Waals surface area (Å²) in [5.74, 6) is 1.42. The van der Waals surface area contributed by atoms with Crippen LogP contribution in [-0.4, -0.2) is 44.8 Å². The minimum absolute atomic E-state index is 0.219. The number of aromatic nitrogens is 6. The van der Waals surface area contributed by atoms with E-state index in [-0.39, 0.29) is 4.90 Å². The Bertz CT molecular complexity index is 1620. The van der Waals surface area contributed by atoms with E-state index in [4.69, 9.17) is 0 Å². The molecule has 0 spiro atoms. The van der Waals surface area contributed by atoms with Gasteiger partial charge in [0.05, 0.1) is 10.6 Å². The smallest absolute Gasteiger partial charge is 0.227 e. The van der Waals surface area contributed by atoms with E-state index >= 15 is 0 Å². The van der Waals surface area contributed by atoms with Crippen LogP contribution in [0.4, 0.5) is 11.6 Å². The Kier molecular flexibility index (Phi) is 5.79. The number of pyridine rings is 1. The molecule has 9 nitrogen and oxygen atoms in total. The second kappa shape index (κ2) is 9.07. The summed E-state index contributed by atoms with van der Waals surface area (Å²) in [5, 5.41) is 10.5. The molecule has 0 saturated heterocycles. The van der Waals surface area contributed by atoms with Crippen LogP contribution in [0.1, 0.15) is 5.56 Å². The van der Waals surface area contributed by atoms with Gasteiger partial charge in [0.15, 0.2) is 21.5 Å². The fraction of sp³-hybridized carbons (Fsp3) is 0.0800. The number of anilines is 2. The van der Waals surface area contributed by atoms with E-state index in [2.05, 4.69) is 35.5 Å². The molecule has 174 valence electrons. The van der Waals surface area contributed by atoms with E-state index in [1.165, 1.54) is 6.26 Å². The molecule has 0 aliphatic rings. The van der Waals surface area contributed by atoms with Crippen molar-refractivity contribution in [3.8, 4) is 34.0 Å². The molecule has 0 unspecified atom stereocenters. The second-order valence-electron chi connectivity index (χ2n) is 7.97. The van der Waals surface area contributed by atoms with Gasteiger partial charge in [0.25, 0.3) is 0 Å². The summed E-state index contributed by atoms with van der Waals surface area (Å²) >= 11 is 0. The van der Waals surface area contributed by atoms with Crippen LogP contribution in [-0.2, 0) is 9.84 Å². The van der Waals surface area contributed by atoms with Crippen LogP contribution in [0.2, 0.25) is 0 Å². The monoisotopic (exact) mass is 483 g/mol. The maximum absolute atomic E-state index is 11.9. The predicted molar refractivity (Wildman–Crippen MR) is 134 cm³/mol. The van der Waals surface area contributed by atoms with Crippen molar-refractivity contribution in [1.29, 1.82) is 0 Å². The Morgan fingerprint density at radius 1 is 0.886 bits per heavy atom. The van der Waals surface area contributed by atoms with Gasteiger partial charge in [-0.25, -0.2) is 23.4 Å². The van der Waals surface area contributed by atoms with Crippen molar-refractivity contribution >= 4 is 21.5 Å². The first-order valence-corrected chi connectivity index (χ1v) is 12.6. The molecule has 0 saturated carbocycles. The lowest BCUT2D eigenvalue weighted by molar-refractivity contribution is 0.602. The van der Waals surface area contributed by atoms with E-state index in [9.17, 15) is 8.42 Å². The van der Waals surface area contributed by atoms with Crippen LogP contribution in [0.25, 0.3) is 34.0 Å². The van der Waals surface area contributed by atoms with Crippen LogP contribution in [0.3, 0.4) is 0 Å². The third-order valence-electron chi connectivity index (χ3n) is 5.38. The normalized spacial score (nSPS) is 11.4. The van der Waals surface area contributed by atoms with Gasteiger partial charge in [-0.2, -0.15) is 5.10 Å². The summed E-state index contributed by atoms with van der Waals surface area (Å²) in [6, 6.07) is 18.0. The number of rotatable bonds is 6. The molecule has 0 atom stereocenters. The average molecular weight is 484 g/mol. The number of aryl methyl sites for hydroxylation is 1. The van der Waals surface area contributed by atoms with Gasteiger partial charge in [-0.3, -0.25) is 10.1 Å². The van der Waals surface area contributed by atoms with Gasteiger partial charge in [0.2, 0.25) is 5.95 Å². The van der Waals surface area contributed by atoms with Crippen LogP contribution < -0.4 is 5.32 Å². The zero-order chi connectivity index (χ0) is 24.4. The van der Waals surface area contributed by atoms with Gasteiger partial charge >= 0.3 is 0 Å². The zero-order valence-corrected chi connectivity index (χ0v) is 19.8. The molecular formula is C25H21N7O2S. The highest BCUT2D eigenvalue weighted by Crippen LogP contribution is 2.27. The topological polar surface area (TPSA) is 126 Å². The maximum atomic E-state index is 11.9. The van der Waals surface area contributed by atoms with E-state index in [1.807, 2.05) is 43.3 Å². The fourth-order valence-corrected chi connectivity index (χ4v) is 4.17. The van der Waals surface area contributed by atoms with Crippen molar-refractivity contribution in [2.24, 2.45) is 0 Å². The molecule has 0 aliphatic carbocycles. The number of hydrogen-bond acceptors (Lipinski definition) is 8. The van der Waals surface area contributed by atoms with Crippen molar-refractivity contribution < 1.29 is 8.42 Å². The third kappa shape index (κ3) is 4.92. The molecular weight excluding hydrogens is 462 g/mol. The van der Waals surface area contributed by atoms with Crippen molar-refractivity contribution in [2.75, 3.05) is 11.6 Å². The molecule has 10 heteroatoms. The summed E-state index contributed by atoms with van der Waals surface area (Å²) in [4.78, 5) is 17.9. The third-order valence-corrected chi connectivity index (χ3v) is 6.49. The summed E-state index contributed by atoms with van der Waals surface area (Å²) in [6.45, 7) is 1.99. The molecule has 5 rings (SSSR count). The number of aromatic amines is 1. The first-order chi connectivity index (χ1) is 16.9. The quantitative estimate of drug-likeness (QED) is 0.363. The summed E-state index contributed by atoms with van der Waals surface area (Å²) < 4.78 is 23.8. The van der Waals surface area contributed by atoms with Crippen molar-refractivity contribution in [3.63, 3.8) is 0 Å². The fourth-order valence-electron chi connectivity index (χ4n) is 3.50. The molecule has 5 aromatic rings.